The molecule has 0 radical (unpaired) electrons. The van der Waals surface area contributed by atoms with Crippen LogP contribution in [-0.2, 0) is 11.3 Å². The molecule has 1 unspecified atom stereocenters. The Bertz CT molecular complexity index is 890. The van der Waals surface area contributed by atoms with Crippen LogP contribution in [0.25, 0.3) is 11.3 Å². The molecule has 1 saturated carbocycles. The molecule has 2 fully saturated rings. The number of rotatable bonds is 5. The molecule has 140 valence electrons. The van der Waals surface area contributed by atoms with Crippen molar-refractivity contribution in [1.29, 1.82) is 0 Å². The standard InChI is InChI=1S/C21H24N4O2/c1-2-6-15(7-3-1)19-20(17-10-11-26-13-17)25(14-22-19)12-18-23-21(27-24-18)16-8-4-5-9-16/h1-3,6-7,14,16-17H,4-5,8-13H2. The third-order valence-corrected chi connectivity index (χ3v) is 5.74. The molecule has 6 heteroatoms. The van der Waals surface area contributed by atoms with Gasteiger partial charge in [-0.3, -0.25) is 0 Å². The molecule has 2 aliphatic rings. The van der Waals surface area contributed by atoms with Gasteiger partial charge in [0, 0.05) is 24.0 Å². The summed E-state index contributed by atoms with van der Waals surface area (Å²) in [6.45, 7) is 2.13. The lowest BCUT2D eigenvalue weighted by atomic mass is 9.99. The first-order valence-electron chi connectivity index (χ1n) is 9.89. The van der Waals surface area contributed by atoms with E-state index in [4.69, 9.17) is 14.2 Å². The summed E-state index contributed by atoms with van der Waals surface area (Å²) in [6.07, 6.45) is 7.77. The highest BCUT2D eigenvalue weighted by Gasteiger charge is 2.27. The van der Waals surface area contributed by atoms with Crippen molar-refractivity contribution in [1.82, 2.24) is 19.7 Å². The Kier molecular flexibility index (Phi) is 4.49. The SMILES string of the molecule is c1ccc(-c2ncn(Cc3noc(C4CCCC4)n3)c2C2CCOC2)cc1. The summed E-state index contributed by atoms with van der Waals surface area (Å²) in [5.41, 5.74) is 3.38. The molecule has 5 rings (SSSR count). The molecule has 0 amide bonds. The number of ether oxygens (including phenoxy) is 1. The molecule has 3 aromatic rings. The molecule has 0 bridgehead atoms. The average molecular weight is 364 g/mol. The van der Waals surface area contributed by atoms with E-state index in [2.05, 4.69) is 39.0 Å². The van der Waals surface area contributed by atoms with Gasteiger partial charge in [-0.25, -0.2) is 4.98 Å². The van der Waals surface area contributed by atoms with Crippen molar-refractivity contribution in [3.05, 3.63) is 54.1 Å². The molecule has 0 N–H and O–H groups in total. The van der Waals surface area contributed by atoms with Crippen LogP contribution in [0.4, 0.5) is 0 Å². The first-order chi connectivity index (χ1) is 13.4. The number of hydrogen-bond acceptors (Lipinski definition) is 5. The second-order valence-corrected chi connectivity index (χ2v) is 7.56. The fraction of sp³-hybridized carbons (Fsp3) is 0.476. The van der Waals surface area contributed by atoms with Crippen molar-refractivity contribution in [2.75, 3.05) is 13.2 Å². The minimum atomic E-state index is 0.351. The monoisotopic (exact) mass is 364 g/mol. The molecular formula is C21H24N4O2. The van der Waals surface area contributed by atoms with Crippen molar-refractivity contribution < 1.29 is 9.26 Å². The maximum atomic E-state index is 5.66. The average Bonchev–Trinajstić information content (AvgIpc) is 3.48. The first kappa shape index (κ1) is 16.7. The zero-order valence-corrected chi connectivity index (χ0v) is 15.4. The maximum Gasteiger partial charge on any atom is 0.229 e. The Morgan fingerprint density at radius 1 is 1.04 bits per heavy atom. The first-order valence-corrected chi connectivity index (χ1v) is 9.89. The zero-order valence-electron chi connectivity index (χ0n) is 15.4. The number of imidazole rings is 1. The predicted molar refractivity (Wildman–Crippen MR) is 100 cm³/mol. The van der Waals surface area contributed by atoms with Gasteiger partial charge in [0.1, 0.15) is 0 Å². The summed E-state index contributed by atoms with van der Waals surface area (Å²) in [5.74, 6) is 2.33. The van der Waals surface area contributed by atoms with Gasteiger partial charge in [0.2, 0.25) is 5.89 Å². The van der Waals surface area contributed by atoms with E-state index in [1.807, 2.05) is 12.4 Å². The van der Waals surface area contributed by atoms with Crippen molar-refractivity contribution in [2.45, 2.75) is 50.5 Å². The van der Waals surface area contributed by atoms with E-state index in [9.17, 15) is 0 Å². The number of aromatic nitrogens is 4. The molecule has 27 heavy (non-hydrogen) atoms. The Labute approximate surface area is 158 Å². The van der Waals surface area contributed by atoms with Gasteiger partial charge in [0.15, 0.2) is 5.82 Å². The predicted octanol–water partition coefficient (Wildman–Crippen LogP) is 4.14. The van der Waals surface area contributed by atoms with E-state index < -0.39 is 0 Å². The van der Waals surface area contributed by atoms with E-state index in [-0.39, 0.29) is 0 Å². The largest absolute Gasteiger partial charge is 0.381 e. The van der Waals surface area contributed by atoms with Crippen LogP contribution in [-0.4, -0.2) is 32.9 Å². The molecule has 1 aromatic carbocycles. The molecule has 0 spiro atoms. The summed E-state index contributed by atoms with van der Waals surface area (Å²) >= 11 is 0. The van der Waals surface area contributed by atoms with Gasteiger partial charge in [0.05, 0.1) is 30.9 Å². The van der Waals surface area contributed by atoms with Crippen molar-refractivity contribution in [3.8, 4) is 11.3 Å². The topological polar surface area (TPSA) is 66.0 Å². The quantitative estimate of drug-likeness (QED) is 0.681. The Balaban J connectivity index is 1.46. The number of benzene rings is 1. The van der Waals surface area contributed by atoms with E-state index in [0.717, 1.165) is 55.4 Å². The second-order valence-electron chi connectivity index (χ2n) is 7.56. The van der Waals surface area contributed by atoms with E-state index >= 15 is 0 Å². The molecule has 1 aliphatic heterocycles. The van der Waals surface area contributed by atoms with Crippen LogP contribution in [0.1, 0.15) is 61.3 Å². The molecule has 3 heterocycles. The van der Waals surface area contributed by atoms with Crippen LogP contribution in [0.2, 0.25) is 0 Å². The molecule has 1 aliphatic carbocycles. The Morgan fingerprint density at radius 2 is 1.89 bits per heavy atom. The van der Waals surface area contributed by atoms with Crippen molar-refractivity contribution in [3.63, 3.8) is 0 Å². The van der Waals surface area contributed by atoms with Crippen LogP contribution in [0.15, 0.2) is 41.2 Å². The number of hydrogen-bond donors (Lipinski definition) is 0. The van der Waals surface area contributed by atoms with E-state index in [1.54, 1.807) is 0 Å². The molecule has 2 aromatic heterocycles. The summed E-state index contributed by atoms with van der Waals surface area (Å²) in [6, 6.07) is 10.4. The van der Waals surface area contributed by atoms with Crippen LogP contribution in [0, 0.1) is 0 Å². The third kappa shape index (κ3) is 3.30. The van der Waals surface area contributed by atoms with Gasteiger partial charge < -0.3 is 13.8 Å². The fourth-order valence-electron chi connectivity index (χ4n) is 4.34. The summed E-state index contributed by atoms with van der Waals surface area (Å²) in [5, 5.41) is 4.24. The highest BCUT2D eigenvalue weighted by molar-refractivity contribution is 5.62. The van der Waals surface area contributed by atoms with Gasteiger partial charge >= 0.3 is 0 Å². The summed E-state index contributed by atoms with van der Waals surface area (Å²) in [4.78, 5) is 9.41. The minimum Gasteiger partial charge on any atom is -0.381 e. The molecular weight excluding hydrogens is 340 g/mol. The fourth-order valence-corrected chi connectivity index (χ4v) is 4.34. The third-order valence-electron chi connectivity index (χ3n) is 5.74. The molecule has 6 nitrogen and oxygen atoms in total. The van der Waals surface area contributed by atoms with Gasteiger partial charge in [0.25, 0.3) is 0 Å². The Hall–Kier alpha value is -2.47. The van der Waals surface area contributed by atoms with E-state index in [0.29, 0.717) is 18.4 Å². The lowest BCUT2D eigenvalue weighted by molar-refractivity contribution is 0.193. The molecule has 1 saturated heterocycles. The lowest BCUT2D eigenvalue weighted by Gasteiger charge is -2.14. The second kappa shape index (κ2) is 7.27. The number of nitrogens with zero attached hydrogens (tertiary/aromatic N) is 4. The van der Waals surface area contributed by atoms with Gasteiger partial charge in [-0.2, -0.15) is 4.98 Å². The Morgan fingerprint density at radius 3 is 2.67 bits per heavy atom. The van der Waals surface area contributed by atoms with Crippen LogP contribution in [0.5, 0.6) is 0 Å². The lowest BCUT2D eigenvalue weighted by Crippen LogP contribution is -2.10. The highest BCUT2D eigenvalue weighted by Crippen LogP contribution is 2.35. The summed E-state index contributed by atoms with van der Waals surface area (Å²) in [7, 11) is 0. The summed E-state index contributed by atoms with van der Waals surface area (Å²) < 4.78 is 13.4. The zero-order chi connectivity index (χ0) is 18.1. The van der Waals surface area contributed by atoms with Crippen molar-refractivity contribution >= 4 is 0 Å². The minimum absolute atomic E-state index is 0.351. The van der Waals surface area contributed by atoms with Crippen molar-refractivity contribution in [2.24, 2.45) is 0 Å². The van der Waals surface area contributed by atoms with Gasteiger partial charge in [-0.05, 0) is 19.3 Å². The normalized spacial score (nSPS) is 20.5. The van der Waals surface area contributed by atoms with Crippen LogP contribution < -0.4 is 0 Å². The van der Waals surface area contributed by atoms with Crippen LogP contribution in [0.3, 0.4) is 0 Å². The molecule has 1 atom stereocenters. The smallest absolute Gasteiger partial charge is 0.229 e. The van der Waals surface area contributed by atoms with Gasteiger partial charge in [-0.15, -0.1) is 0 Å². The van der Waals surface area contributed by atoms with Crippen LogP contribution >= 0.6 is 0 Å². The van der Waals surface area contributed by atoms with E-state index in [1.165, 1.54) is 18.5 Å². The maximum absolute atomic E-state index is 5.66. The highest BCUT2D eigenvalue weighted by atomic mass is 16.5. The van der Waals surface area contributed by atoms with Gasteiger partial charge in [-0.1, -0.05) is 48.3 Å².